The van der Waals surface area contributed by atoms with Gasteiger partial charge in [-0.25, -0.2) is 8.42 Å². The van der Waals surface area contributed by atoms with Crippen LogP contribution in [0.1, 0.15) is 16.8 Å². The van der Waals surface area contributed by atoms with Crippen LogP contribution in [0.3, 0.4) is 0 Å². The minimum Gasteiger partial charge on any atom is -0.398 e. The second kappa shape index (κ2) is 6.21. The minimum absolute atomic E-state index is 0.0585. The van der Waals surface area contributed by atoms with Crippen LogP contribution in [0.25, 0.3) is 0 Å². The first-order valence-electron chi connectivity index (χ1n) is 6.51. The Morgan fingerprint density at radius 1 is 1.48 bits per heavy atom. The molecule has 116 valence electrons. The van der Waals surface area contributed by atoms with Crippen LogP contribution in [0, 0.1) is 0 Å². The van der Waals surface area contributed by atoms with Gasteiger partial charge in [0, 0.05) is 23.3 Å². The van der Waals surface area contributed by atoms with Crippen molar-refractivity contribution in [1.82, 2.24) is 4.90 Å². The van der Waals surface area contributed by atoms with Gasteiger partial charge >= 0.3 is 0 Å². The molecule has 0 radical (unpaired) electrons. The largest absolute Gasteiger partial charge is 0.398 e. The van der Waals surface area contributed by atoms with Crippen LogP contribution in [0.4, 0.5) is 5.69 Å². The van der Waals surface area contributed by atoms with Crippen molar-refractivity contribution in [2.24, 2.45) is 0 Å². The summed E-state index contributed by atoms with van der Waals surface area (Å²) in [6.07, 6.45) is 0.377. The fraction of sp³-hybridized carbons (Fsp3) is 0.462. The number of benzene rings is 1. The van der Waals surface area contributed by atoms with Crippen molar-refractivity contribution in [3.63, 3.8) is 0 Å². The number of amides is 1. The van der Waals surface area contributed by atoms with E-state index in [2.05, 4.69) is 0 Å². The van der Waals surface area contributed by atoms with E-state index in [0.717, 1.165) is 0 Å². The Morgan fingerprint density at radius 2 is 2.19 bits per heavy atom. The Kier molecular flexibility index (Phi) is 4.75. The van der Waals surface area contributed by atoms with Crippen molar-refractivity contribution in [1.29, 1.82) is 0 Å². The molecule has 6 nitrogen and oxygen atoms in total. The summed E-state index contributed by atoms with van der Waals surface area (Å²) < 4.78 is 23.2. The van der Waals surface area contributed by atoms with E-state index in [9.17, 15) is 13.2 Å². The summed E-state index contributed by atoms with van der Waals surface area (Å²) in [6.45, 7) is -0.170. The molecule has 0 saturated carbocycles. The van der Waals surface area contributed by atoms with Gasteiger partial charge in [-0.2, -0.15) is 0 Å². The fourth-order valence-electron chi connectivity index (χ4n) is 2.46. The van der Waals surface area contributed by atoms with Gasteiger partial charge in [-0.15, -0.1) is 0 Å². The van der Waals surface area contributed by atoms with E-state index >= 15 is 0 Å². The number of sulfone groups is 1. The molecular formula is C13H17ClN2O4S. The highest BCUT2D eigenvalue weighted by Gasteiger charge is 2.35. The molecule has 1 amide bonds. The quantitative estimate of drug-likeness (QED) is 0.784. The van der Waals surface area contributed by atoms with Crippen molar-refractivity contribution < 1.29 is 18.3 Å². The number of halogens is 1. The molecule has 1 atom stereocenters. The van der Waals surface area contributed by atoms with Gasteiger partial charge in [0.2, 0.25) is 0 Å². The van der Waals surface area contributed by atoms with Crippen LogP contribution in [0.5, 0.6) is 0 Å². The molecule has 8 heteroatoms. The van der Waals surface area contributed by atoms with Gasteiger partial charge in [0.1, 0.15) is 0 Å². The smallest absolute Gasteiger partial charge is 0.256 e. The zero-order valence-corrected chi connectivity index (χ0v) is 12.9. The number of nitrogens with two attached hydrogens (primary N) is 1. The standard InChI is InChI=1S/C13H17ClN2O4S/c14-9-1-2-11(12(15)7-9)13(18)16(4-5-17)10-3-6-21(19,20)8-10/h1-2,7,10,17H,3-6,8,15H2. The van der Waals surface area contributed by atoms with Gasteiger partial charge in [0.15, 0.2) is 9.84 Å². The molecule has 1 fully saturated rings. The molecular weight excluding hydrogens is 316 g/mol. The number of carbonyl (C=O) groups excluding carboxylic acids is 1. The zero-order valence-electron chi connectivity index (χ0n) is 11.3. The molecule has 21 heavy (non-hydrogen) atoms. The first-order chi connectivity index (χ1) is 9.84. The topological polar surface area (TPSA) is 101 Å². The van der Waals surface area contributed by atoms with Crippen molar-refractivity contribution in [2.45, 2.75) is 12.5 Å². The highest BCUT2D eigenvalue weighted by molar-refractivity contribution is 7.91. The van der Waals surface area contributed by atoms with Crippen molar-refractivity contribution in [2.75, 3.05) is 30.4 Å². The van der Waals surface area contributed by atoms with Crippen molar-refractivity contribution >= 4 is 33.0 Å². The Hall–Kier alpha value is -1.31. The number of hydrogen-bond acceptors (Lipinski definition) is 5. The molecule has 1 heterocycles. The Bertz CT molecular complexity index is 648. The van der Waals surface area contributed by atoms with Crippen molar-refractivity contribution in [3.05, 3.63) is 28.8 Å². The Labute approximate surface area is 128 Å². The highest BCUT2D eigenvalue weighted by Crippen LogP contribution is 2.23. The zero-order chi connectivity index (χ0) is 15.6. The van der Waals surface area contributed by atoms with E-state index in [0.29, 0.717) is 11.4 Å². The predicted octanol–water partition coefficient (Wildman–Crippen LogP) is 0.544. The maximum atomic E-state index is 12.6. The van der Waals surface area contributed by atoms with E-state index in [1.807, 2.05) is 0 Å². The van der Waals surface area contributed by atoms with Crippen LogP contribution >= 0.6 is 11.6 Å². The normalized spacial score (nSPS) is 20.4. The monoisotopic (exact) mass is 332 g/mol. The maximum Gasteiger partial charge on any atom is 0.256 e. The molecule has 1 aliphatic heterocycles. The number of nitrogens with zero attached hydrogens (tertiary/aromatic N) is 1. The summed E-state index contributed by atoms with van der Waals surface area (Å²) in [6, 6.07) is 4.10. The maximum absolute atomic E-state index is 12.6. The Morgan fingerprint density at radius 3 is 2.71 bits per heavy atom. The van der Waals surface area contributed by atoms with Crippen LogP contribution in [-0.4, -0.2) is 55.0 Å². The van der Waals surface area contributed by atoms with E-state index < -0.39 is 15.9 Å². The molecule has 0 aliphatic carbocycles. The molecule has 0 bridgehead atoms. The molecule has 3 N–H and O–H groups in total. The molecule has 1 saturated heterocycles. The summed E-state index contributed by atoms with van der Waals surface area (Å²) in [5.74, 6) is -0.407. The third kappa shape index (κ3) is 3.66. The number of aliphatic hydroxyl groups is 1. The van der Waals surface area contributed by atoms with E-state index in [1.54, 1.807) is 6.07 Å². The van der Waals surface area contributed by atoms with E-state index in [-0.39, 0.29) is 41.8 Å². The second-order valence-electron chi connectivity index (χ2n) is 5.01. The predicted molar refractivity (Wildman–Crippen MR) is 81.0 cm³/mol. The molecule has 1 aliphatic rings. The number of rotatable bonds is 4. The number of anilines is 1. The number of hydrogen-bond donors (Lipinski definition) is 2. The number of aliphatic hydroxyl groups excluding tert-OH is 1. The summed E-state index contributed by atoms with van der Waals surface area (Å²) in [5, 5.41) is 9.56. The second-order valence-corrected chi connectivity index (χ2v) is 7.68. The molecule has 0 spiro atoms. The summed E-state index contributed by atoms with van der Waals surface area (Å²) >= 11 is 5.80. The minimum atomic E-state index is -3.12. The van der Waals surface area contributed by atoms with Gasteiger partial charge in [-0.1, -0.05) is 11.6 Å². The third-order valence-corrected chi connectivity index (χ3v) is 5.48. The molecule has 0 aromatic heterocycles. The molecule has 2 rings (SSSR count). The lowest BCUT2D eigenvalue weighted by Gasteiger charge is -2.28. The highest BCUT2D eigenvalue weighted by atomic mass is 35.5. The molecule has 1 aromatic rings. The van der Waals surface area contributed by atoms with Crippen LogP contribution in [0.15, 0.2) is 18.2 Å². The lowest BCUT2D eigenvalue weighted by molar-refractivity contribution is 0.0656. The lowest BCUT2D eigenvalue weighted by atomic mass is 10.1. The average molecular weight is 333 g/mol. The average Bonchev–Trinajstić information content (AvgIpc) is 2.75. The summed E-state index contributed by atoms with van der Waals surface area (Å²) in [4.78, 5) is 13.9. The molecule has 1 unspecified atom stereocenters. The lowest BCUT2D eigenvalue weighted by Crippen LogP contribution is -2.43. The van der Waals surface area contributed by atoms with E-state index in [1.165, 1.54) is 17.0 Å². The number of nitrogen functional groups attached to an aromatic ring is 1. The first-order valence-corrected chi connectivity index (χ1v) is 8.71. The number of carbonyl (C=O) groups is 1. The summed E-state index contributed by atoms with van der Waals surface area (Å²) in [5.41, 5.74) is 6.29. The van der Waals surface area contributed by atoms with Crippen LogP contribution < -0.4 is 5.73 Å². The first kappa shape index (κ1) is 16.1. The van der Waals surface area contributed by atoms with Gasteiger partial charge in [0.05, 0.1) is 23.7 Å². The molecule has 1 aromatic carbocycles. The van der Waals surface area contributed by atoms with Gasteiger partial charge < -0.3 is 15.7 Å². The van der Waals surface area contributed by atoms with Crippen molar-refractivity contribution in [3.8, 4) is 0 Å². The van der Waals surface area contributed by atoms with Gasteiger partial charge in [0.25, 0.3) is 5.91 Å². The van der Waals surface area contributed by atoms with Gasteiger partial charge in [-0.05, 0) is 24.6 Å². The fourth-order valence-corrected chi connectivity index (χ4v) is 4.37. The third-order valence-electron chi connectivity index (χ3n) is 3.49. The van der Waals surface area contributed by atoms with E-state index in [4.69, 9.17) is 22.4 Å². The van der Waals surface area contributed by atoms with Crippen LogP contribution in [0.2, 0.25) is 5.02 Å². The van der Waals surface area contributed by atoms with Gasteiger partial charge in [-0.3, -0.25) is 4.79 Å². The summed E-state index contributed by atoms with van der Waals surface area (Å²) in [7, 11) is -3.12. The Balaban J connectivity index is 2.27. The van der Waals surface area contributed by atoms with Crippen LogP contribution in [-0.2, 0) is 9.84 Å². The SMILES string of the molecule is Nc1cc(Cl)ccc1C(=O)N(CCO)C1CCS(=O)(=O)C1.